The van der Waals surface area contributed by atoms with E-state index in [-0.39, 0.29) is 18.1 Å². The first-order chi connectivity index (χ1) is 18.3. The topological polar surface area (TPSA) is 109 Å². The van der Waals surface area contributed by atoms with Crippen molar-refractivity contribution >= 4 is 33.4 Å². The normalized spacial score (nSPS) is 11.7. The summed E-state index contributed by atoms with van der Waals surface area (Å²) in [6, 6.07) is 14.1. The van der Waals surface area contributed by atoms with E-state index in [1.165, 1.54) is 10.9 Å². The number of fused-ring (bicyclic) bond motifs is 1. The molecule has 0 spiro atoms. The lowest BCUT2D eigenvalue weighted by Crippen LogP contribution is -2.36. The number of carbonyl (C=O) groups excluding carboxylic acids is 2. The number of benzene rings is 2. The molecule has 0 bridgehead atoms. The Morgan fingerprint density at radius 3 is 2.50 bits per heavy atom. The molecule has 4 rings (SSSR count). The zero-order valence-corrected chi connectivity index (χ0v) is 22.5. The smallest absolute Gasteiger partial charge is 0.349 e. The number of ether oxygens (including phenoxy) is 3. The van der Waals surface area contributed by atoms with Gasteiger partial charge in [-0.05, 0) is 49.1 Å². The van der Waals surface area contributed by atoms with Crippen molar-refractivity contribution in [2.24, 2.45) is 0 Å². The van der Waals surface area contributed by atoms with Crippen LogP contribution in [0.1, 0.15) is 39.3 Å². The number of methoxy groups -OCH3 is 2. The van der Waals surface area contributed by atoms with Crippen molar-refractivity contribution < 1.29 is 23.8 Å². The first-order valence-electron chi connectivity index (χ1n) is 12.0. The van der Waals surface area contributed by atoms with Crippen molar-refractivity contribution in [2.75, 3.05) is 20.8 Å². The van der Waals surface area contributed by atoms with E-state index >= 15 is 0 Å². The highest BCUT2D eigenvalue weighted by Gasteiger charge is 2.23. The number of hydrogen-bond donors (Lipinski definition) is 1. The number of aromatic nitrogens is 2. The van der Waals surface area contributed by atoms with Crippen LogP contribution in [0, 0.1) is 6.92 Å². The van der Waals surface area contributed by atoms with Gasteiger partial charge in [0.05, 0.1) is 25.9 Å². The standard InChI is InChI=1S/C28H29N3O6S/c1-17-23-26(38-24(17)28(34)37-15-20-8-6-5-7-9-20)30-16-31(27(23)33)18(2)25(32)29-13-12-19-10-11-21(35-3)22(14-19)36-4/h5-11,14,16,18H,12-13,15H2,1-4H3,(H,29,32). The fourth-order valence-corrected chi connectivity index (χ4v) is 5.07. The predicted molar refractivity (Wildman–Crippen MR) is 145 cm³/mol. The number of nitrogens with zero attached hydrogens (tertiary/aromatic N) is 2. The van der Waals surface area contributed by atoms with Crippen LogP contribution in [0.4, 0.5) is 0 Å². The Kier molecular flexibility index (Phi) is 8.42. The van der Waals surface area contributed by atoms with E-state index in [2.05, 4.69) is 10.3 Å². The number of carbonyl (C=O) groups is 2. The molecule has 0 aliphatic rings. The molecule has 2 aromatic carbocycles. The zero-order chi connectivity index (χ0) is 27.2. The summed E-state index contributed by atoms with van der Waals surface area (Å²) in [7, 11) is 3.14. The van der Waals surface area contributed by atoms with Gasteiger partial charge in [0, 0.05) is 6.54 Å². The summed E-state index contributed by atoms with van der Waals surface area (Å²) in [4.78, 5) is 44.0. The van der Waals surface area contributed by atoms with Gasteiger partial charge >= 0.3 is 5.97 Å². The van der Waals surface area contributed by atoms with Crippen molar-refractivity contribution in [3.8, 4) is 11.5 Å². The average molecular weight is 536 g/mol. The largest absolute Gasteiger partial charge is 0.493 e. The Labute approximate surface area is 224 Å². The molecule has 1 N–H and O–H groups in total. The molecule has 9 nitrogen and oxygen atoms in total. The SMILES string of the molecule is COc1ccc(CCNC(=O)C(C)n2cnc3sc(C(=O)OCc4ccccc4)c(C)c3c2=O)cc1OC. The maximum atomic E-state index is 13.3. The van der Waals surface area contributed by atoms with Gasteiger partial charge in [-0.3, -0.25) is 14.2 Å². The minimum Gasteiger partial charge on any atom is -0.493 e. The van der Waals surface area contributed by atoms with Gasteiger partial charge in [0.1, 0.15) is 22.4 Å². The van der Waals surface area contributed by atoms with Gasteiger partial charge in [-0.1, -0.05) is 36.4 Å². The van der Waals surface area contributed by atoms with Crippen molar-refractivity contribution in [3.05, 3.63) is 86.8 Å². The Hall–Kier alpha value is -4.18. The fraction of sp³-hybridized carbons (Fsp3) is 0.286. The molecule has 0 saturated carbocycles. The second-order valence-corrected chi connectivity index (χ2v) is 9.66. The van der Waals surface area contributed by atoms with Crippen LogP contribution in [0.15, 0.2) is 59.7 Å². The van der Waals surface area contributed by atoms with Crippen LogP contribution in [-0.4, -0.2) is 42.2 Å². The molecule has 0 radical (unpaired) electrons. The van der Waals surface area contributed by atoms with Crippen molar-refractivity contribution in [3.63, 3.8) is 0 Å². The number of aryl methyl sites for hydroxylation is 1. The first kappa shape index (κ1) is 26.9. The predicted octanol–water partition coefficient (Wildman–Crippen LogP) is 4.06. The lowest BCUT2D eigenvalue weighted by Gasteiger charge is -2.15. The van der Waals surface area contributed by atoms with Crippen LogP contribution in [0.5, 0.6) is 11.5 Å². The Morgan fingerprint density at radius 2 is 1.79 bits per heavy atom. The van der Waals surface area contributed by atoms with E-state index in [1.807, 2.05) is 48.5 Å². The Bertz CT molecular complexity index is 1510. The van der Waals surface area contributed by atoms with E-state index in [4.69, 9.17) is 14.2 Å². The fourth-order valence-electron chi connectivity index (χ4n) is 4.04. The van der Waals surface area contributed by atoms with Crippen molar-refractivity contribution in [2.45, 2.75) is 32.9 Å². The number of nitrogens with one attached hydrogen (secondary N) is 1. The molecule has 4 aromatic rings. The van der Waals surface area contributed by atoms with E-state index < -0.39 is 12.0 Å². The van der Waals surface area contributed by atoms with Crippen LogP contribution in [0.3, 0.4) is 0 Å². The maximum Gasteiger partial charge on any atom is 0.349 e. The molecule has 0 fully saturated rings. The summed E-state index contributed by atoms with van der Waals surface area (Å²) in [6.07, 6.45) is 1.92. The third-order valence-corrected chi connectivity index (χ3v) is 7.41. The van der Waals surface area contributed by atoms with Crippen molar-refractivity contribution in [1.29, 1.82) is 0 Å². The first-order valence-corrected chi connectivity index (χ1v) is 12.9. The van der Waals surface area contributed by atoms with Gasteiger partial charge in [-0.25, -0.2) is 9.78 Å². The molecule has 2 heterocycles. The summed E-state index contributed by atoms with van der Waals surface area (Å²) in [5, 5.41) is 3.19. The van der Waals surface area contributed by atoms with Gasteiger partial charge in [0.25, 0.3) is 5.56 Å². The molecule has 1 atom stereocenters. The molecule has 1 amide bonds. The number of esters is 1. The molecule has 10 heteroatoms. The number of thiophene rings is 1. The van der Waals surface area contributed by atoms with E-state index in [9.17, 15) is 14.4 Å². The Morgan fingerprint density at radius 1 is 1.05 bits per heavy atom. The second kappa shape index (κ2) is 11.9. The summed E-state index contributed by atoms with van der Waals surface area (Å²) >= 11 is 1.11. The van der Waals surface area contributed by atoms with Crippen molar-refractivity contribution in [1.82, 2.24) is 14.9 Å². The minimum absolute atomic E-state index is 0.130. The zero-order valence-electron chi connectivity index (χ0n) is 21.6. The highest BCUT2D eigenvalue weighted by Crippen LogP contribution is 2.29. The Balaban J connectivity index is 1.44. The maximum absolute atomic E-state index is 13.3. The van der Waals surface area contributed by atoms with E-state index in [0.29, 0.717) is 45.1 Å². The monoisotopic (exact) mass is 535 g/mol. The van der Waals surface area contributed by atoms with Crippen LogP contribution in [-0.2, 0) is 22.6 Å². The summed E-state index contributed by atoms with van der Waals surface area (Å²) in [5.74, 6) is 0.419. The lowest BCUT2D eigenvalue weighted by atomic mass is 10.1. The highest BCUT2D eigenvalue weighted by molar-refractivity contribution is 7.20. The van der Waals surface area contributed by atoms with Crippen LogP contribution in [0.25, 0.3) is 10.2 Å². The van der Waals surface area contributed by atoms with Crippen LogP contribution in [0.2, 0.25) is 0 Å². The summed E-state index contributed by atoms with van der Waals surface area (Å²) in [5.41, 5.74) is 1.95. The third kappa shape index (κ3) is 5.70. The number of amides is 1. The van der Waals surface area contributed by atoms with Gasteiger partial charge in [-0.15, -0.1) is 11.3 Å². The second-order valence-electron chi connectivity index (χ2n) is 8.66. The van der Waals surface area contributed by atoms with E-state index in [1.54, 1.807) is 28.1 Å². The summed E-state index contributed by atoms with van der Waals surface area (Å²) in [6.45, 7) is 3.83. The van der Waals surface area contributed by atoms with Gasteiger partial charge < -0.3 is 19.5 Å². The molecular weight excluding hydrogens is 506 g/mol. The summed E-state index contributed by atoms with van der Waals surface area (Å²) < 4.78 is 17.3. The molecule has 2 aromatic heterocycles. The van der Waals surface area contributed by atoms with Gasteiger partial charge in [0.15, 0.2) is 11.5 Å². The molecule has 0 aliphatic heterocycles. The average Bonchev–Trinajstić information content (AvgIpc) is 3.28. The quantitative estimate of drug-likeness (QED) is 0.305. The van der Waals surface area contributed by atoms with Gasteiger partial charge in [-0.2, -0.15) is 0 Å². The molecular formula is C28H29N3O6S. The van der Waals surface area contributed by atoms with Gasteiger partial charge in [0.2, 0.25) is 5.91 Å². The molecule has 0 aliphatic carbocycles. The number of hydrogen-bond acceptors (Lipinski definition) is 8. The van der Waals surface area contributed by atoms with Crippen LogP contribution >= 0.6 is 11.3 Å². The molecule has 1 unspecified atom stereocenters. The molecule has 198 valence electrons. The van der Waals surface area contributed by atoms with Crippen LogP contribution < -0.4 is 20.3 Å². The number of rotatable bonds is 10. The molecule has 38 heavy (non-hydrogen) atoms. The highest BCUT2D eigenvalue weighted by atomic mass is 32.1. The minimum atomic E-state index is -0.794. The van der Waals surface area contributed by atoms with E-state index in [0.717, 1.165) is 22.5 Å². The lowest BCUT2D eigenvalue weighted by molar-refractivity contribution is -0.123. The third-order valence-electron chi connectivity index (χ3n) is 6.23. The molecule has 0 saturated heterocycles.